The molecule has 4 heteroatoms. The molecule has 2 N–H and O–H groups in total. The molecule has 0 bridgehead atoms. The summed E-state index contributed by atoms with van der Waals surface area (Å²) in [4.78, 5) is 7.09. The van der Waals surface area contributed by atoms with Crippen molar-refractivity contribution in [2.24, 2.45) is 5.84 Å². The van der Waals surface area contributed by atoms with Gasteiger partial charge >= 0.3 is 0 Å². The highest BCUT2D eigenvalue weighted by atomic mass is 15.4. The predicted octanol–water partition coefficient (Wildman–Crippen LogP) is 5.57. The van der Waals surface area contributed by atoms with Crippen LogP contribution < -0.4 is 10.9 Å². The molecular formula is C30H36N4. The molecule has 5 rings (SSSR count). The van der Waals surface area contributed by atoms with Crippen LogP contribution in [0, 0.1) is 18.8 Å². The maximum absolute atomic E-state index is 6.51. The summed E-state index contributed by atoms with van der Waals surface area (Å²) in [5.74, 6) is 13.0. The van der Waals surface area contributed by atoms with Crippen molar-refractivity contribution in [3.63, 3.8) is 0 Å². The molecular weight excluding hydrogens is 416 g/mol. The molecule has 1 aromatic heterocycles. The summed E-state index contributed by atoms with van der Waals surface area (Å²) in [6.45, 7) is 9.60. The zero-order chi connectivity index (χ0) is 23.9. The van der Waals surface area contributed by atoms with E-state index < -0.39 is 0 Å². The van der Waals surface area contributed by atoms with Crippen LogP contribution in [0.3, 0.4) is 0 Å². The first-order valence-electron chi connectivity index (χ1n) is 12.6. The Labute approximate surface area is 204 Å². The second-order valence-electron chi connectivity index (χ2n) is 9.00. The molecule has 1 fully saturated rings. The molecule has 3 aromatic rings. The zero-order valence-electron chi connectivity index (χ0n) is 20.7. The Morgan fingerprint density at radius 3 is 2.38 bits per heavy atom. The number of pyridine rings is 1. The lowest BCUT2D eigenvalue weighted by molar-refractivity contribution is 0.296. The monoisotopic (exact) mass is 452 g/mol. The van der Waals surface area contributed by atoms with Crippen molar-refractivity contribution in [2.45, 2.75) is 52.5 Å². The second-order valence-corrected chi connectivity index (χ2v) is 9.00. The van der Waals surface area contributed by atoms with E-state index in [2.05, 4.69) is 77.2 Å². The lowest BCUT2D eigenvalue weighted by Gasteiger charge is -2.37. The predicted molar refractivity (Wildman–Crippen MR) is 143 cm³/mol. The summed E-state index contributed by atoms with van der Waals surface area (Å²) in [7, 11) is 0. The van der Waals surface area contributed by atoms with Gasteiger partial charge in [0.25, 0.3) is 0 Å². The van der Waals surface area contributed by atoms with Crippen molar-refractivity contribution in [1.82, 2.24) is 9.88 Å². The van der Waals surface area contributed by atoms with E-state index in [0.717, 1.165) is 41.9 Å². The van der Waals surface area contributed by atoms with Gasteiger partial charge in [0, 0.05) is 23.9 Å². The molecule has 1 atom stereocenters. The van der Waals surface area contributed by atoms with E-state index in [1.54, 1.807) is 0 Å². The highest BCUT2D eigenvalue weighted by molar-refractivity contribution is 5.63. The van der Waals surface area contributed by atoms with Crippen molar-refractivity contribution >= 4 is 5.69 Å². The van der Waals surface area contributed by atoms with Crippen LogP contribution in [0.4, 0.5) is 5.69 Å². The molecule has 0 radical (unpaired) electrons. The van der Waals surface area contributed by atoms with Crippen molar-refractivity contribution in [3.05, 3.63) is 83.2 Å². The van der Waals surface area contributed by atoms with Crippen molar-refractivity contribution in [1.29, 1.82) is 0 Å². The lowest BCUT2D eigenvalue weighted by atomic mass is 9.95. The van der Waals surface area contributed by atoms with E-state index in [1.165, 1.54) is 42.6 Å². The minimum absolute atomic E-state index is 0.397. The van der Waals surface area contributed by atoms with Crippen molar-refractivity contribution in [2.75, 3.05) is 24.6 Å². The minimum atomic E-state index is 0.397. The molecule has 4 nitrogen and oxygen atoms in total. The molecule has 1 unspecified atom stereocenters. The third kappa shape index (κ3) is 5.67. The molecule has 0 spiro atoms. The summed E-state index contributed by atoms with van der Waals surface area (Å²) in [5, 5.41) is 1.99. The van der Waals surface area contributed by atoms with Gasteiger partial charge in [0.15, 0.2) is 0 Å². The van der Waals surface area contributed by atoms with Gasteiger partial charge in [-0.15, -0.1) is 0 Å². The Kier molecular flexibility index (Phi) is 8.00. The van der Waals surface area contributed by atoms with Gasteiger partial charge in [0.2, 0.25) is 0 Å². The molecule has 2 aromatic carbocycles. The van der Waals surface area contributed by atoms with Crippen LogP contribution in [0.25, 0.3) is 11.1 Å². The van der Waals surface area contributed by atoms with Gasteiger partial charge in [0.1, 0.15) is 5.69 Å². The smallest absolute Gasteiger partial charge is 0.113 e. The number of hydrogen-bond acceptors (Lipinski definition) is 4. The summed E-state index contributed by atoms with van der Waals surface area (Å²) in [6, 6.07) is 19.4. The molecule has 0 amide bonds. The Morgan fingerprint density at radius 1 is 0.941 bits per heavy atom. The Bertz CT molecular complexity index is 1130. The molecule has 0 aliphatic carbocycles. The molecule has 2 aliphatic rings. The van der Waals surface area contributed by atoms with Gasteiger partial charge in [-0.2, -0.15) is 0 Å². The first-order valence-corrected chi connectivity index (χ1v) is 12.6. The van der Waals surface area contributed by atoms with Gasteiger partial charge in [0.05, 0.1) is 11.7 Å². The van der Waals surface area contributed by atoms with Gasteiger partial charge < -0.3 is 9.91 Å². The van der Waals surface area contributed by atoms with Gasteiger partial charge in [-0.05, 0) is 87.0 Å². The van der Waals surface area contributed by atoms with Crippen LogP contribution in [-0.2, 0) is 6.42 Å². The fourth-order valence-corrected chi connectivity index (χ4v) is 4.74. The number of rotatable bonds is 3. The van der Waals surface area contributed by atoms with E-state index in [4.69, 9.17) is 5.84 Å². The van der Waals surface area contributed by atoms with Crippen molar-refractivity contribution in [3.8, 4) is 23.0 Å². The van der Waals surface area contributed by atoms with Crippen LogP contribution in [-0.4, -0.2) is 35.6 Å². The molecule has 176 valence electrons. The largest absolute Gasteiger partial charge is 0.306 e. The average Bonchev–Trinajstić information content (AvgIpc) is 3.40. The van der Waals surface area contributed by atoms with Crippen LogP contribution in [0.5, 0.6) is 0 Å². The summed E-state index contributed by atoms with van der Waals surface area (Å²) >= 11 is 0. The summed E-state index contributed by atoms with van der Waals surface area (Å²) in [5.41, 5.74) is 7.77. The van der Waals surface area contributed by atoms with E-state index in [0.29, 0.717) is 6.04 Å². The fraction of sp³-hybridized carbons (Fsp3) is 0.367. The Balaban J connectivity index is 0.00000133. The number of hydrazine groups is 1. The number of hydrogen-bond donors (Lipinski definition) is 1. The SMILES string of the molecule is CC.Cc1ccc(-c2ccc(C#Cc3ccc4c(c3)CCC(CN3CCCC3)N4N)nc2)cc1. The first kappa shape index (κ1) is 24.0. The lowest BCUT2D eigenvalue weighted by Crippen LogP contribution is -2.50. The van der Waals surface area contributed by atoms with Gasteiger partial charge in [-0.25, -0.2) is 10.8 Å². The van der Waals surface area contributed by atoms with Crippen LogP contribution in [0.1, 0.15) is 55.5 Å². The third-order valence-electron chi connectivity index (χ3n) is 6.65. The molecule has 3 heterocycles. The number of fused-ring (bicyclic) bond motifs is 1. The van der Waals surface area contributed by atoms with Crippen LogP contribution in [0.2, 0.25) is 0 Å². The quantitative estimate of drug-likeness (QED) is 0.417. The highest BCUT2D eigenvalue weighted by Crippen LogP contribution is 2.30. The summed E-state index contributed by atoms with van der Waals surface area (Å²) in [6.07, 6.45) is 6.69. The first-order chi connectivity index (χ1) is 16.7. The number of aromatic nitrogens is 1. The summed E-state index contributed by atoms with van der Waals surface area (Å²) < 4.78 is 0. The zero-order valence-corrected chi connectivity index (χ0v) is 20.7. The number of benzene rings is 2. The maximum atomic E-state index is 6.51. The Morgan fingerprint density at radius 2 is 1.68 bits per heavy atom. The fourth-order valence-electron chi connectivity index (χ4n) is 4.74. The molecule has 1 saturated heterocycles. The number of anilines is 1. The molecule has 0 saturated carbocycles. The van der Waals surface area contributed by atoms with Gasteiger partial charge in [-0.3, -0.25) is 0 Å². The second kappa shape index (κ2) is 11.3. The van der Waals surface area contributed by atoms with E-state index in [9.17, 15) is 0 Å². The van der Waals surface area contributed by atoms with E-state index in [-0.39, 0.29) is 0 Å². The molecule has 34 heavy (non-hydrogen) atoms. The van der Waals surface area contributed by atoms with E-state index >= 15 is 0 Å². The number of likely N-dealkylation sites (tertiary alicyclic amines) is 1. The highest BCUT2D eigenvalue weighted by Gasteiger charge is 2.27. The minimum Gasteiger partial charge on any atom is -0.306 e. The topological polar surface area (TPSA) is 45.4 Å². The Hall–Kier alpha value is -3.13. The maximum Gasteiger partial charge on any atom is 0.113 e. The number of nitrogens with two attached hydrogens (primary N) is 1. The third-order valence-corrected chi connectivity index (χ3v) is 6.65. The van der Waals surface area contributed by atoms with Crippen molar-refractivity contribution < 1.29 is 0 Å². The number of aryl methyl sites for hydroxylation is 2. The molecule has 2 aliphatic heterocycles. The average molecular weight is 453 g/mol. The number of nitrogens with zero attached hydrogens (tertiary/aromatic N) is 3. The standard InChI is InChI=1S/C28H30N4.C2H6/c1-21-4-8-23(9-5-21)25-10-13-26(30-19-25)12-6-22-7-15-28-24(18-22)11-14-27(32(28)29)20-31-16-2-3-17-31;1-2/h4-5,7-10,13,15,18-19,27H,2-3,11,14,16-17,20,29H2,1H3;1-2H3. The van der Waals surface area contributed by atoms with Crippen LogP contribution >= 0.6 is 0 Å². The van der Waals surface area contributed by atoms with Gasteiger partial charge in [-0.1, -0.05) is 55.7 Å². The van der Waals surface area contributed by atoms with Crippen LogP contribution in [0.15, 0.2) is 60.8 Å². The normalized spacial score (nSPS) is 17.3. The van der Waals surface area contributed by atoms with E-state index in [1.807, 2.05) is 31.1 Å².